The van der Waals surface area contributed by atoms with Gasteiger partial charge in [0.05, 0.1) is 11.0 Å². The van der Waals surface area contributed by atoms with Crippen molar-refractivity contribution >= 4 is 17.3 Å². The molecule has 4 aromatic rings. The van der Waals surface area contributed by atoms with Crippen LogP contribution in [0.4, 0.5) is 19.0 Å². The van der Waals surface area contributed by atoms with Crippen LogP contribution in [0.5, 0.6) is 0 Å². The maximum absolute atomic E-state index is 13.3. The van der Waals surface area contributed by atoms with E-state index in [0.29, 0.717) is 41.0 Å². The van der Waals surface area contributed by atoms with E-state index in [1.807, 2.05) is 18.2 Å². The fourth-order valence-corrected chi connectivity index (χ4v) is 5.99. The van der Waals surface area contributed by atoms with E-state index in [9.17, 15) is 28.2 Å². The molecule has 10 heteroatoms. The monoisotopic (exact) mass is 552 g/mol. The first-order valence-corrected chi connectivity index (χ1v) is 13.0. The predicted molar refractivity (Wildman–Crippen MR) is 144 cm³/mol. The number of hydrogen-bond donors (Lipinski definition) is 3. The molecular weight excluding hydrogens is 521 g/mol. The van der Waals surface area contributed by atoms with Crippen LogP contribution < -0.4 is 5.73 Å². The number of fused-ring (bicyclic) bond motifs is 1. The Morgan fingerprint density at radius 3 is 2.33 bits per heavy atom. The van der Waals surface area contributed by atoms with Gasteiger partial charge < -0.3 is 15.9 Å². The van der Waals surface area contributed by atoms with Gasteiger partial charge in [0.1, 0.15) is 28.5 Å². The van der Waals surface area contributed by atoms with E-state index >= 15 is 0 Å². The molecule has 0 amide bonds. The van der Waals surface area contributed by atoms with E-state index in [2.05, 4.69) is 4.98 Å². The number of carbonyl (C=O) groups is 1. The van der Waals surface area contributed by atoms with Gasteiger partial charge in [0.25, 0.3) is 0 Å². The largest absolute Gasteiger partial charge is 0.481 e. The molecule has 1 aliphatic rings. The summed E-state index contributed by atoms with van der Waals surface area (Å²) in [7, 11) is 0. The number of alkyl halides is 3. The van der Waals surface area contributed by atoms with Crippen LogP contribution >= 0.6 is 0 Å². The summed E-state index contributed by atoms with van der Waals surface area (Å²) >= 11 is 0. The van der Waals surface area contributed by atoms with Crippen molar-refractivity contribution < 1.29 is 28.2 Å². The molecular formula is C30H31F3N4O3. The summed E-state index contributed by atoms with van der Waals surface area (Å²) < 4.78 is 41.7. The molecule has 1 fully saturated rings. The van der Waals surface area contributed by atoms with Crippen LogP contribution in [0.25, 0.3) is 16.8 Å². The van der Waals surface area contributed by atoms with Crippen molar-refractivity contribution in [1.29, 1.82) is 0 Å². The smallest absolute Gasteiger partial charge is 0.416 e. The maximum atomic E-state index is 13.3. The molecule has 2 aromatic heterocycles. The highest BCUT2D eigenvalue weighted by molar-refractivity contribution is 5.85. The third-order valence-electron chi connectivity index (χ3n) is 9.09. The number of aliphatic carboxylic acids is 1. The van der Waals surface area contributed by atoms with Crippen molar-refractivity contribution in [2.45, 2.75) is 58.2 Å². The van der Waals surface area contributed by atoms with Gasteiger partial charge in [0.15, 0.2) is 0 Å². The molecule has 0 unspecified atom stereocenters. The van der Waals surface area contributed by atoms with Crippen molar-refractivity contribution in [2.75, 3.05) is 5.73 Å². The van der Waals surface area contributed by atoms with Gasteiger partial charge >= 0.3 is 12.1 Å². The van der Waals surface area contributed by atoms with Crippen LogP contribution in [0.1, 0.15) is 69.0 Å². The Kier molecular flexibility index (Phi) is 6.26. The van der Waals surface area contributed by atoms with Crippen LogP contribution in [0.2, 0.25) is 0 Å². The normalized spacial score (nSPS) is 22.4. The van der Waals surface area contributed by atoms with Gasteiger partial charge in [-0.2, -0.15) is 13.2 Å². The molecule has 0 radical (unpaired) electrons. The number of nitrogen functional groups attached to an aromatic ring is 1. The molecule has 2 heterocycles. The Morgan fingerprint density at radius 1 is 1.07 bits per heavy atom. The van der Waals surface area contributed by atoms with Crippen LogP contribution in [0.3, 0.4) is 0 Å². The van der Waals surface area contributed by atoms with Crippen molar-refractivity contribution in [3.63, 3.8) is 0 Å². The van der Waals surface area contributed by atoms with Gasteiger partial charge in [0, 0.05) is 23.9 Å². The maximum Gasteiger partial charge on any atom is 0.416 e. The number of imidazole rings is 1. The molecule has 40 heavy (non-hydrogen) atoms. The molecule has 5 rings (SSSR count). The van der Waals surface area contributed by atoms with Crippen molar-refractivity contribution in [3.05, 3.63) is 83.4 Å². The zero-order valence-corrected chi connectivity index (χ0v) is 22.6. The Hall–Kier alpha value is -3.92. The first-order chi connectivity index (χ1) is 18.6. The standard InChI is InChI=1S/C30H31F3N4O3/c1-27(2)21(12-13-28(27,3)26(38)39)25-36-22(23-24(34)35-14-15-37(23)25)17-8-10-18(11-9-17)29(4,40)19-6-5-7-20(16-19)30(31,32)33/h5-11,14-16,21,40H,12-13H2,1-4H3,(H2,34,35)(H,38,39)/t21-,28+,29+/m0/s1. The average molecular weight is 553 g/mol. The Morgan fingerprint density at radius 2 is 1.73 bits per heavy atom. The minimum Gasteiger partial charge on any atom is -0.481 e. The highest BCUT2D eigenvalue weighted by atomic mass is 19.4. The van der Waals surface area contributed by atoms with E-state index in [1.165, 1.54) is 19.1 Å². The van der Waals surface area contributed by atoms with Crippen LogP contribution in [-0.2, 0) is 16.6 Å². The second-order valence-electron chi connectivity index (χ2n) is 11.5. The first-order valence-electron chi connectivity index (χ1n) is 13.0. The lowest BCUT2D eigenvalue weighted by Gasteiger charge is -2.38. The molecule has 1 aliphatic carbocycles. The topological polar surface area (TPSA) is 114 Å². The lowest BCUT2D eigenvalue weighted by atomic mass is 9.65. The van der Waals surface area contributed by atoms with E-state index in [4.69, 9.17) is 10.7 Å². The number of carboxylic acids is 1. The summed E-state index contributed by atoms with van der Waals surface area (Å²) in [5, 5.41) is 21.3. The number of halogens is 3. The SMILES string of the molecule is CC1(C)[C@H](c2nc(-c3ccc([C@@](C)(O)c4cccc(C(F)(F)F)c4)cc3)c3c(N)nccn23)CC[C@]1(C)C(=O)O. The summed E-state index contributed by atoms with van der Waals surface area (Å²) in [6, 6.07) is 11.4. The quantitative estimate of drug-likeness (QED) is 0.270. The molecule has 0 saturated heterocycles. The summed E-state index contributed by atoms with van der Waals surface area (Å²) in [4.78, 5) is 21.4. The van der Waals surface area contributed by atoms with Gasteiger partial charge in [-0.25, -0.2) is 9.97 Å². The second kappa shape index (κ2) is 9.05. The fourth-order valence-electron chi connectivity index (χ4n) is 5.99. The van der Waals surface area contributed by atoms with E-state index in [-0.39, 0.29) is 17.3 Å². The summed E-state index contributed by atoms with van der Waals surface area (Å²) in [5.41, 5.74) is 4.55. The molecule has 0 bridgehead atoms. The number of anilines is 1. The van der Waals surface area contributed by atoms with Gasteiger partial charge in [-0.1, -0.05) is 50.2 Å². The van der Waals surface area contributed by atoms with E-state index in [1.54, 1.807) is 43.6 Å². The molecule has 0 spiro atoms. The minimum atomic E-state index is -4.53. The Balaban J connectivity index is 1.57. The Bertz CT molecular complexity index is 1610. The fraction of sp³-hybridized carbons (Fsp3) is 0.367. The number of hydrogen-bond acceptors (Lipinski definition) is 5. The molecule has 0 aliphatic heterocycles. The predicted octanol–water partition coefficient (Wildman–Crippen LogP) is 6.25. The van der Waals surface area contributed by atoms with Crippen LogP contribution in [-0.4, -0.2) is 30.6 Å². The van der Waals surface area contributed by atoms with Crippen LogP contribution in [0, 0.1) is 10.8 Å². The lowest BCUT2D eigenvalue weighted by molar-refractivity contribution is -0.153. The summed E-state index contributed by atoms with van der Waals surface area (Å²) in [6.07, 6.45) is -0.0546. The number of nitrogens with zero attached hydrogens (tertiary/aromatic N) is 3. The number of rotatable bonds is 5. The third-order valence-corrected chi connectivity index (χ3v) is 9.09. The molecule has 1 saturated carbocycles. The third kappa shape index (κ3) is 4.13. The summed E-state index contributed by atoms with van der Waals surface area (Å²) in [5.74, 6) is -0.0644. The highest BCUT2D eigenvalue weighted by Crippen LogP contribution is 2.60. The molecule has 7 nitrogen and oxygen atoms in total. The van der Waals surface area contributed by atoms with Gasteiger partial charge in [-0.15, -0.1) is 0 Å². The highest BCUT2D eigenvalue weighted by Gasteiger charge is 2.57. The minimum absolute atomic E-state index is 0.114. The van der Waals surface area contributed by atoms with E-state index < -0.39 is 34.1 Å². The van der Waals surface area contributed by atoms with Gasteiger partial charge in [0.2, 0.25) is 0 Å². The molecule has 210 valence electrons. The second-order valence-corrected chi connectivity index (χ2v) is 11.5. The number of benzene rings is 2. The van der Waals surface area contributed by atoms with Crippen molar-refractivity contribution in [1.82, 2.24) is 14.4 Å². The van der Waals surface area contributed by atoms with Crippen molar-refractivity contribution in [3.8, 4) is 11.3 Å². The Labute approximate surface area is 229 Å². The zero-order valence-electron chi connectivity index (χ0n) is 22.6. The number of aromatic nitrogens is 3. The summed E-state index contributed by atoms with van der Waals surface area (Å²) in [6.45, 7) is 7.13. The van der Waals surface area contributed by atoms with Crippen molar-refractivity contribution in [2.24, 2.45) is 10.8 Å². The molecule has 4 N–H and O–H groups in total. The molecule has 3 atom stereocenters. The van der Waals surface area contributed by atoms with Gasteiger partial charge in [-0.3, -0.25) is 9.20 Å². The van der Waals surface area contributed by atoms with Crippen LogP contribution in [0.15, 0.2) is 60.9 Å². The first kappa shape index (κ1) is 27.6. The lowest BCUT2D eigenvalue weighted by Crippen LogP contribution is -2.40. The van der Waals surface area contributed by atoms with Gasteiger partial charge in [-0.05, 0) is 55.4 Å². The van der Waals surface area contributed by atoms with E-state index in [0.717, 1.165) is 12.1 Å². The number of carboxylic acid groups (broad SMARTS) is 1. The number of nitrogens with two attached hydrogens (primary N) is 1. The number of aliphatic hydroxyl groups is 1. The average Bonchev–Trinajstić information content (AvgIpc) is 3.39. The zero-order chi connectivity index (χ0) is 29.3. The molecule has 2 aromatic carbocycles.